The molecule has 2 heterocycles. The standard InChI is InChI=1S/C22H17Cl2N3O2S2/c1-12-5-13(2)7-17(6-12)27-21(29)20-18(3-4-30-20)26-22(27)31-11-19(28)25-16-9-14(23)8-15(24)10-16/h3-10H,11H2,1-2H3,(H,25,28). The van der Waals surface area contributed by atoms with Gasteiger partial charge in [-0.25, -0.2) is 4.98 Å². The Labute approximate surface area is 197 Å². The smallest absolute Gasteiger partial charge is 0.276 e. The van der Waals surface area contributed by atoms with Gasteiger partial charge in [0.2, 0.25) is 5.91 Å². The summed E-state index contributed by atoms with van der Waals surface area (Å²) in [6, 6.07) is 12.6. The van der Waals surface area contributed by atoms with Crippen molar-refractivity contribution >= 4 is 68.1 Å². The zero-order chi connectivity index (χ0) is 22.1. The first-order valence-electron chi connectivity index (χ1n) is 9.28. The fourth-order valence-electron chi connectivity index (χ4n) is 3.25. The van der Waals surface area contributed by atoms with Crippen molar-refractivity contribution in [1.82, 2.24) is 9.55 Å². The van der Waals surface area contributed by atoms with E-state index >= 15 is 0 Å². The molecule has 0 aliphatic carbocycles. The van der Waals surface area contributed by atoms with Crippen molar-refractivity contribution in [2.24, 2.45) is 0 Å². The zero-order valence-corrected chi connectivity index (χ0v) is 19.8. The second-order valence-corrected chi connectivity index (χ2v) is 9.74. The monoisotopic (exact) mass is 489 g/mol. The van der Waals surface area contributed by atoms with Crippen LogP contribution in [0.5, 0.6) is 0 Å². The fraction of sp³-hybridized carbons (Fsp3) is 0.136. The summed E-state index contributed by atoms with van der Waals surface area (Å²) in [5.74, 6) is -0.188. The number of thiophene rings is 1. The van der Waals surface area contributed by atoms with Crippen LogP contribution in [0.3, 0.4) is 0 Å². The first-order valence-corrected chi connectivity index (χ1v) is 11.9. The van der Waals surface area contributed by atoms with Crippen LogP contribution >= 0.6 is 46.3 Å². The maximum absolute atomic E-state index is 13.2. The van der Waals surface area contributed by atoms with Crippen LogP contribution in [-0.2, 0) is 4.79 Å². The highest BCUT2D eigenvalue weighted by molar-refractivity contribution is 7.99. The number of hydrogen-bond acceptors (Lipinski definition) is 5. The SMILES string of the molecule is Cc1cc(C)cc(-n2c(SCC(=O)Nc3cc(Cl)cc(Cl)c3)nc3ccsc3c2=O)c1. The number of halogens is 2. The van der Waals surface area contributed by atoms with E-state index in [1.165, 1.54) is 23.1 Å². The summed E-state index contributed by atoms with van der Waals surface area (Å²) in [5.41, 5.74) is 3.81. The van der Waals surface area contributed by atoms with Crippen molar-refractivity contribution in [3.8, 4) is 5.69 Å². The van der Waals surface area contributed by atoms with Gasteiger partial charge in [-0.2, -0.15) is 0 Å². The van der Waals surface area contributed by atoms with Gasteiger partial charge in [-0.05, 0) is 66.8 Å². The molecule has 9 heteroatoms. The number of carbonyl (C=O) groups excluding carboxylic acids is 1. The molecular weight excluding hydrogens is 473 g/mol. The topological polar surface area (TPSA) is 64.0 Å². The van der Waals surface area contributed by atoms with Crippen LogP contribution < -0.4 is 10.9 Å². The van der Waals surface area contributed by atoms with E-state index in [1.807, 2.05) is 43.5 Å². The minimum atomic E-state index is -0.255. The van der Waals surface area contributed by atoms with Gasteiger partial charge in [-0.15, -0.1) is 11.3 Å². The summed E-state index contributed by atoms with van der Waals surface area (Å²) >= 11 is 14.5. The first-order chi connectivity index (χ1) is 14.8. The van der Waals surface area contributed by atoms with Gasteiger partial charge in [0.15, 0.2) is 5.16 Å². The normalized spacial score (nSPS) is 11.1. The van der Waals surface area contributed by atoms with E-state index in [0.29, 0.717) is 31.1 Å². The van der Waals surface area contributed by atoms with Gasteiger partial charge in [0.1, 0.15) is 4.70 Å². The third-order valence-corrected chi connectivity index (χ3v) is 6.66. The van der Waals surface area contributed by atoms with Gasteiger partial charge in [0, 0.05) is 15.7 Å². The van der Waals surface area contributed by atoms with Crippen molar-refractivity contribution in [3.05, 3.63) is 79.4 Å². The second kappa shape index (κ2) is 9.04. The summed E-state index contributed by atoms with van der Waals surface area (Å²) in [7, 11) is 0. The van der Waals surface area contributed by atoms with E-state index in [4.69, 9.17) is 23.2 Å². The summed E-state index contributed by atoms with van der Waals surface area (Å²) in [6.45, 7) is 3.96. The number of anilines is 1. The van der Waals surface area contributed by atoms with Crippen LogP contribution in [-0.4, -0.2) is 21.2 Å². The van der Waals surface area contributed by atoms with Crippen molar-refractivity contribution in [2.45, 2.75) is 19.0 Å². The van der Waals surface area contributed by atoms with Gasteiger partial charge in [0.05, 0.1) is 17.0 Å². The van der Waals surface area contributed by atoms with Crippen LogP contribution in [0.2, 0.25) is 10.0 Å². The van der Waals surface area contributed by atoms with Crippen LogP contribution in [0.15, 0.2) is 57.8 Å². The Kier molecular flexibility index (Phi) is 6.39. The lowest BCUT2D eigenvalue weighted by molar-refractivity contribution is -0.113. The van der Waals surface area contributed by atoms with Crippen LogP contribution in [0, 0.1) is 13.8 Å². The molecule has 2 aromatic heterocycles. The highest BCUT2D eigenvalue weighted by atomic mass is 35.5. The molecule has 4 aromatic rings. The lowest BCUT2D eigenvalue weighted by Crippen LogP contribution is -2.22. The second-order valence-electron chi connectivity index (χ2n) is 7.01. The third kappa shape index (κ3) is 4.96. The van der Waals surface area contributed by atoms with Crippen molar-refractivity contribution in [3.63, 3.8) is 0 Å². The number of carbonyl (C=O) groups is 1. The van der Waals surface area contributed by atoms with Crippen LogP contribution in [0.1, 0.15) is 11.1 Å². The summed E-state index contributed by atoms with van der Waals surface area (Å²) in [5, 5.41) is 5.94. The minimum Gasteiger partial charge on any atom is -0.325 e. The fourth-order valence-corrected chi connectivity index (χ4v) is 5.35. The number of thioether (sulfide) groups is 1. The number of fused-ring (bicyclic) bond motifs is 1. The molecule has 2 aromatic carbocycles. The molecule has 1 amide bonds. The number of nitrogens with one attached hydrogen (secondary N) is 1. The quantitative estimate of drug-likeness (QED) is 0.271. The van der Waals surface area contributed by atoms with Gasteiger partial charge in [-0.1, -0.05) is 41.0 Å². The van der Waals surface area contributed by atoms with E-state index in [2.05, 4.69) is 10.3 Å². The molecule has 0 fully saturated rings. The van der Waals surface area contributed by atoms with Gasteiger partial charge < -0.3 is 5.32 Å². The number of hydrogen-bond donors (Lipinski definition) is 1. The van der Waals surface area contributed by atoms with Crippen molar-refractivity contribution in [1.29, 1.82) is 0 Å². The molecule has 0 atom stereocenters. The number of amides is 1. The van der Waals surface area contributed by atoms with E-state index < -0.39 is 0 Å². The van der Waals surface area contributed by atoms with Crippen LogP contribution in [0.4, 0.5) is 5.69 Å². The Hall–Kier alpha value is -2.32. The molecule has 0 aliphatic rings. The summed E-state index contributed by atoms with van der Waals surface area (Å²) in [6.07, 6.45) is 0. The number of rotatable bonds is 5. The Morgan fingerprint density at radius 3 is 2.45 bits per heavy atom. The Bertz CT molecular complexity index is 1320. The molecule has 4 rings (SSSR count). The summed E-state index contributed by atoms with van der Waals surface area (Å²) < 4.78 is 2.16. The number of nitrogens with zero attached hydrogens (tertiary/aromatic N) is 2. The maximum atomic E-state index is 13.2. The molecule has 0 spiro atoms. The predicted octanol–water partition coefficient (Wildman–Crippen LogP) is 6.10. The average molecular weight is 490 g/mol. The highest BCUT2D eigenvalue weighted by Gasteiger charge is 2.16. The van der Waals surface area contributed by atoms with E-state index in [0.717, 1.165) is 16.8 Å². The van der Waals surface area contributed by atoms with Gasteiger partial charge >= 0.3 is 0 Å². The number of benzene rings is 2. The number of aryl methyl sites for hydroxylation is 2. The van der Waals surface area contributed by atoms with E-state index in [9.17, 15) is 9.59 Å². The molecule has 0 aliphatic heterocycles. The molecular formula is C22H17Cl2N3O2S2. The summed E-state index contributed by atoms with van der Waals surface area (Å²) in [4.78, 5) is 30.4. The van der Waals surface area contributed by atoms with Crippen LogP contribution in [0.25, 0.3) is 15.9 Å². The molecule has 0 unspecified atom stereocenters. The Morgan fingerprint density at radius 1 is 1.10 bits per heavy atom. The van der Waals surface area contributed by atoms with E-state index in [1.54, 1.807) is 22.8 Å². The minimum absolute atomic E-state index is 0.0665. The molecule has 1 N–H and O–H groups in total. The maximum Gasteiger partial charge on any atom is 0.276 e. The van der Waals surface area contributed by atoms with Gasteiger partial charge in [0.25, 0.3) is 5.56 Å². The Morgan fingerprint density at radius 2 is 1.77 bits per heavy atom. The third-order valence-electron chi connectivity index (χ3n) is 4.39. The lowest BCUT2D eigenvalue weighted by atomic mass is 10.1. The molecule has 158 valence electrons. The zero-order valence-electron chi connectivity index (χ0n) is 16.6. The van der Waals surface area contributed by atoms with Gasteiger partial charge in [-0.3, -0.25) is 14.2 Å². The highest BCUT2D eigenvalue weighted by Crippen LogP contribution is 2.26. The van der Waals surface area contributed by atoms with E-state index in [-0.39, 0.29) is 17.2 Å². The lowest BCUT2D eigenvalue weighted by Gasteiger charge is -2.13. The molecule has 31 heavy (non-hydrogen) atoms. The molecule has 0 saturated carbocycles. The Balaban J connectivity index is 1.66. The van der Waals surface area contributed by atoms with Crippen molar-refractivity contribution < 1.29 is 4.79 Å². The first kappa shape index (κ1) is 21.9. The average Bonchev–Trinajstić information content (AvgIpc) is 3.13. The van der Waals surface area contributed by atoms with Crippen molar-refractivity contribution in [2.75, 3.05) is 11.1 Å². The molecule has 0 radical (unpaired) electrons. The molecule has 0 bridgehead atoms. The molecule has 5 nitrogen and oxygen atoms in total. The predicted molar refractivity (Wildman–Crippen MR) is 131 cm³/mol. The largest absolute Gasteiger partial charge is 0.325 e. The molecule has 0 saturated heterocycles. The number of aromatic nitrogens is 2.